The number of nitrogens with zero attached hydrogens (tertiary/aromatic N) is 2. The Balaban J connectivity index is 1.25. The summed E-state index contributed by atoms with van der Waals surface area (Å²) in [4.78, 5) is 17.6. The molecule has 0 aliphatic carbocycles. The summed E-state index contributed by atoms with van der Waals surface area (Å²) in [5, 5.41) is 0. The van der Waals surface area contributed by atoms with E-state index in [4.69, 9.17) is 13.9 Å². The van der Waals surface area contributed by atoms with Crippen molar-refractivity contribution in [1.82, 2.24) is 9.55 Å². The molecule has 0 saturated heterocycles. The first kappa shape index (κ1) is 26.0. The summed E-state index contributed by atoms with van der Waals surface area (Å²) in [6, 6.07) is 31.4. The zero-order valence-electron chi connectivity index (χ0n) is 22.5. The summed E-state index contributed by atoms with van der Waals surface area (Å²) >= 11 is 0. The van der Waals surface area contributed by atoms with Gasteiger partial charge in [-0.05, 0) is 61.4 Å². The number of oxazole rings is 1. The van der Waals surface area contributed by atoms with Crippen LogP contribution >= 0.6 is 0 Å². The molecule has 0 radical (unpaired) electrons. The Bertz CT molecular complexity index is 1520. The Morgan fingerprint density at radius 1 is 0.872 bits per heavy atom. The van der Waals surface area contributed by atoms with Crippen LogP contribution in [0.2, 0.25) is 0 Å². The number of hydrogen-bond acceptors (Lipinski definition) is 5. The van der Waals surface area contributed by atoms with Crippen molar-refractivity contribution >= 4 is 5.97 Å². The SMILES string of the molecule is COC(=O)[C@H](Cc1ccc(OCCc2nc(-c3ccccc3)oc2C)cc1)n1c(C)ccc1-c1ccccc1. The molecule has 6 nitrogen and oxygen atoms in total. The quantitative estimate of drug-likeness (QED) is 0.185. The molecule has 0 saturated carbocycles. The third kappa shape index (κ3) is 5.96. The van der Waals surface area contributed by atoms with Crippen molar-refractivity contribution in [3.05, 3.63) is 120 Å². The minimum Gasteiger partial charge on any atom is -0.493 e. The van der Waals surface area contributed by atoms with E-state index in [-0.39, 0.29) is 5.97 Å². The van der Waals surface area contributed by atoms with Crippen molar-refractivity contribution in [1.29, 1.82) is 0 Å². The molecule has 3 aromatic carbocycles. The number of aromatic nitrogens is 2. The van der Waals surface area contributed by atoms with Gasteiger partial charge in [0, 0.05) is 29.8 Å². The Labute approximate surface area is 228 Å². The Morgan fingerprint density at radius 2 is 1.54 bits per heavy atom. The van der Waals surface area contributed by atoms with Gasteiger partial charge in [0.25, 0.3) is 0 Å². The summed E-state index contributed by atoms with van der Waals surface area (Å²) in [5.74, 6) is 1.92. The van der Waals surface area contributed by atoms with Crippen LogP contribution in [-0.2, 0) is 22.4 Å². The Kier molecular flexibility index (Phi) is 7.92. The summed E-state index contributed by atoms with van der Waals surface area (Å²) < 4.78 is 19.1. The van der Waals surface area contributed by atoms with Crippen LogP contribution in [0.3, 0.4) is 0 Å². The van der Waals surface area contributed by atoms with Crippen LogP contribution in [0.4, 0.5) is 0 Å². The van der Waals surface area contributed by atoms with Crippen molar-refractivity contribution in [3.8, 4) is 28.5 Å². The van der Waals surface area contributed by atoms with Gasteiger partial charge in [0.2, 0.25) is 5.89 Å². The molecule has 5 rings (SSSR count). The predicted molar refractivity (Wildman–Crippen MR) is 152 cm³/mol. The van der Waals surface area contributed by atoms with Crippen molar-refractivity contribution in [2.24, 2.45) is 0 Å². The molecule has 1 atom stereocenters. The van der Waals surface area contributed by atoms with Crippen LogP contribution in [0.1, 0.15) is 28.8 Å². The molecule has 0 fully saturated rings. The van der Waals surface area contributed by atoms with Crippen molar-refractivity contribution in [2.75, 3.05) is 13.7 Å². The van der Waals surface area contributed by atoms with Gasteiger partial charge in [0.05, 0.1) is 19.4 Å². The van der Waals surface area contributed by atoms with Crippen molar-refractivity contribution in [3.63, 3.8) is 0 Å². The zero-order chi connectivity index (χ0) is 27.2. The van der Waals surface area contributed by atoms with Crippen LogP contribution in [0.5, 0.6) is 5.75 Å². The molecule has 0 aliphatic rings. The maximum atomic E-state index is 12.9. The number of carbonyl (C=O) groups is 1. The normalized spacial score (nSPS) is 11.8. The highest BCUT2D eigenvalue weighted by Gasteiger charge is 2.25. The Hall–Kier alpha value is -4.58. The van der Waals surface area contributed by atoms with Crippen molar-refractivity contribution < 1.29 is 18.7 Å². The van der Waals surface area contributed by atoms with Gasteiger partial charge in [0.15, 0.2) is 0 Å². The summed E-state index contributed by atoms with van der Waals surface area (Å²) in [5.41, 5.74) is 5.92. The molecule has 0 spiro atoms. The van der Waals surface area contributed by atoms with E-state index >= 15 is 0 Å². The molecule has 2 aromatic heterocycles. The number of rotatable bonds is 10. The number of hydrogen-bond donors (Lipinski definition) is 0. The lowest BCUT2D eigenvalue weighted by atomic mass is 10.0. The van der Waals surface area contributed by atoms with Gasteiger partial charge in [0.1, 0.15) is 17.6 Å². The monoisotopic (exact) mass is 520 g/mol. The molecular formula is C33H32N2O4. The Morgan fingerprint density at radius 3 is 2.21 bits per heavy atom. The number of methoxy groups -OCH3 is 1. The van der Waals surface area contributed by atoms with Gasteiger partial charge >= 0.3 is 5.97 Å². The lowest BCUT2D eigenvalue weighted by Gasteiger charge is -2.22. The number of carbonyl (C=O) groups excluding carboxylic acids is 1. The highest BCUT2D eigenvalue weighted by atomic mass is 16.5. The number of esters is 1. The second-order valence-electron chi connectivity index (χ2n) is 9.47. The highest BCUT2D eigenvalue weighted by Crippen LogP contribution is 2.29. The largest absolute Gasteiger partial charge is 0.493 e. The summed E-state index contributed by atoms with van der Waals surface area (Å²) in [7, 11) is 1.44. The van der Waals surface area contributed by atoms with E-state index < -0.39 is 6.04 Å². The van der Waals surface area contributed by atoms with E-state index in [1.165, 1.54) is 7.11 Å². The molecule has 0 N–H and O–H groups in total. The van der Waals surface area contributed by atoms with Crippen molar-refractivity contribution in [2.45, 2.75) is 32.7 Å². The van der Waals surface area contributed by atoms with E-state index in [0.717, 1.165) is 45.3 Å². The molecule has 6 heteroatoms. The second-order valence-corrected chi connectivity index (χ2v) is 9.47. The summed E-state index contributed by atoms with van der Waals surface area (Å²) in [6.07, 6.45) is 1.15. The highest BCUT2D eigenvalue weighted by molar-refractivity contribution is 5.76. The average molecular weight is 521 g/mol. The fraction of sp³-hybridized carbons (Fsp3) is 0.212. The molecular weight excluding hydrogens is 488 g/mol. The van der Waals surface area contributed by atoms with Crippen LogP contribution in [0, 0.1) is 13.8 Å². The fourth-order valence-electron chi connectivity index (χ4n) is 4.80. The van der Waals surface area contributed by atoms with E-state index in [9.17, 15) is 4.79 Å². The van der Waals surface area contributed by atoms with Gasteiger partial charge < -0.3 is 18.5 Å². The smallest absolute Gasteiger partial charge is 0.329 e. The molecule has 198 valence electrons. The summed E-state index contributed by atoms with van der Waals surface area (Å²) in [6.45, 7) is 4.42. The zero-order valence-corrected chi connectivity index (χ0v) is 22.5. The topological polar surface area (TPSA) is 66.5 Å². The minimum atomic E-state index is -0.485. The van der Waals surface area contributed by atoms with Crippen LogP contribution in [0.25, 0.3) is 22.7 Å². The van der Waals surface area contributed by atoms with Gasteiger partial charge in [-0.1, -0.05) is 60.7 Å². The van der Waals surface area contributed by atoms with E-state index in [1.54, 1.807) is 0 Å². The van der Waals surface area contributed by atoms with Gasteiger partial charge in [-0.15, -0.1) is 0 Å². The number of ether oxygens (including phenoxy) is 2. The first-order valence-corrected chi connectivity index (χ1v) is 13.1. The molecule has 0 aliphatic heterocycles. The third-order valence-corrected chi connectivity index (χ3v) is 6.85. The van der Waals surface area contributed by atoms with E-state index in [0.29, 0.717) is 25.3 Å². The average Bonchev–Trinajstić information content (AvgIpc) is 3.55. The third-order valence-electron chi connectivity index (χ3n) is 6.85. The van der Waals surface area contributed by atoms with Crippen LogP contribution in [-0.4, -0.2) is 29.2 Å². The molecule has 0 amide bonds. The molecule has 0 unspecified atom stereocenters. The molecule has 5 aromatic rings. The van der Waals surface area contributed by atoms with E-state index in [1.807, 2.05) is 92.7 Å². The minimum absolute atomic E-state index is 0.273. The maximum Gasteiger partial charge on any atom is 0.329 e. The van der Waals surface area contributed by atoms with Gasteiger partial charge in [-0.3, -0.25) is 0 Å². The van der Waals surface area contributed by atoms with Gasteiger partial charge in [-0.2, -0.15) is 0 Å². The van der Waals surface area contributed by atoms with Crippen LogP contribution < -0.4 is 4.74 Å². The molecule has 39 heavy (non-hydrogen) atoms. The maximum absolute atomic E-state index is 12.9. The lowest BCUT2D eigenvalue weighted by molar-refractivity contribution is -0.144. The predicted octanol–water partition coefficient (Wildman–Crippen LogP) is 7.01. The first-order chi connectivity index (χ1) is 19.0. The lowest BCUT2D eigenvalue weighted by Crippen LogP contribution is -2.24. The van der Waals surface area contributed by atoms with E-state index in [2.05, 4.69) is 27.8 Å². The standard InChI is InChI=1S/C33H32N2O4/c1-23-14-19-30(26-10-6-4-7-11-26)35(23)31(33(36)37-3)22-25-15-17-28(18-16-25)38-21-20-29-24(2)39-32(34-29)27-12-8-5-9-13-27/h4-19,31H,20-22H2,1-3H3/t31-/m0/s1. The first-order valence-electron chi connectivity index (χ1n) is 13.1. The molecule has 2 heterocycles. The number of benzene rings is 3. The fourth-order valence-corrected chi connectivity index (χ4v) is 4.80. The van der Waals surface area contributed by atoms with Crippen LogP contribution in [0.15, 0.2) is 101 Å². The molecule has 0 bridgehead atoms. The second kappa shape index (κ2) is 11.9. The number of aryl methyl sites for hydroxylation is 2. The van der Waals surface area contributed by atoms with Gasteiger partial charge in [-0.25, -0.2) is 9.78 Å².